The van der Waals surface area contributed by atoms with Gasteiger partial charge in [0.25, 0.3) is 11.6 Å². The molecular formula is C21H19ClN6O5S. The number of nitrogens with one attached hydrogen (secondary N) is 2. The molecule has 0 saturated carbocycles. The molecule has 0 bridgehead atoms. The molecule has 0 radical (unpaired) electrons. The van der Waals surface area contributed by atoms with Gasteiger partial charge >= 0.3 is 0 Å². The quantitative estimate of drug-likeness (QED) is 0.218. The number of rotatable bonds is 10. The number of aromatic nitrogens is 1. The summed E-state index contributed by atoms with van der Waals surface area (Å²) in [5.41, 5.74) is 6.78. The Morgan fingerprint density at radius 1 is 1.29 bits per heavy atom. The molecule has 1 aromatic heterocycles. The van der Waals surface area contributed by atoms with Crippen molar-refractivity contribution in [2.45, 2.75) is 12.5 Å². The number of nitro benzene ring substituents is 1. The second-order valence-electron chi connectivity index (χ2n) is 6.84. The van der Waals surface area contributed by atoms with Gasteiger partial charge < -0.3 is 21.2 Å². The van der Waals surface area contributed by atoms with Gasteiger partial charge in [0.05, 0.1) is 27.5 Å². The van der Waals surface area contributed by atoms with E-state index in [-0.39, 0.29) is 22.8 Å². The van der Waals surface area contributed by atoms with Crippen molar-refractivity contribution >= 4 is 57.5 Å². The van der Waals surface area contributed by atoms with Crippen LogP contribution in [0, 0.1) is 10.1 Å². The van der Waals surface area contributed by atoms with Gasteiger partial charge in [0.15, 0.2) is 11.7 Å². The summed E-state index contributed by atoms with van der Waals surface area (Å²) in [4.78, 5) is 44.6. The largest absolute Gasteiger partial charge is 0.386 e. The second-order valence-corrected chi connectivity index (χ2v) is 8.14. The van der Waals surface area contributed by atoms with Crippen molar-refractivity contribution in [3.8, 4) is 0 Å². The predicted octanol–water partition coefficient (Wildman–Crippen LogP) is 3.00. The summed E-state index contributed by atoms with van der Waals surface area (Å²) in [6, 6.07) is 11.8. The molecule has 0 saturated heterocycles. The Kier molecular flexibility index (Phi) is 8.48. The number of hydrogen-bond acceptors (Lipinski definition) is 9. The Balaban J connectivity index is 1.65. The lowest BCUT2D eigenvalue weighted by atomic mass is 10.0. The van der Waals surface area contributed by atoms with E-state index in [1.807, 2.05) is 30.3 Å². The molecule has 13 heteroatoms. The van der Waals surface area contributed by atoms with Crippen molar-refractivity contribution in [3.05, 3.63) is 80.3 Å². The van der Waals surface area contributed by atoms with E-state index in [9.17, 15) is 19.7 Å². The summed E-state index contributed by atoms with van der Waals surface area (Å²) in [7, 11) is 0. The van der Waals surface area contributed by atoms with Crippen molar-refractivity contribution in [1.29, 1.82) is 0 Å². The van der Waals surface area contributed by atoms with Crippen molar-refractivity contribution in [2.75, 3.05) is 17.7 Å². The molecule has 0 unspecified atom stereocenters. The topological polar surface area (TPSA) is 162 Å². The molecule has 176 valence electrons. The van der Waals surface area contributed by atoms with Gasteiger partial charge in [-0.15, -0.1) is 11.3 Å². The van der Waals surface area contributed by atoms with Crippen LogP contribution in [0.15, 0.2) is 59.1 Å². The molecule has 2 aromatic carbocycles. The van der Waals surface area contributed by atoms with E-state index >= 15 is 0 Å². The molecule has 3 rings (SSSR count). The number of nitrogen functional groups attached to an aromatic ring is 1. The fourth-order valence-corrected chi connectivity index (χ4v) is 3.52. The Morgan fingerprint density at radius 2 is 2.06 bits per heavy atom. The van der Waals surface area contributed by atoms with Crippen LogP contribution in [0.3, 0.4) is 0 Å². The number of nitrogens with zero attached hydrogens (tertiary/aromatic N) is 3. The number of non-ortho nitro benzene ring substituents is 1. The van der Waals surface area contributed by atoms with E-state index in [2.05, 4.69) is 20.8 Å². The third-order valence-corrected chi connectivity index (χ3v) is 5.36. The van der Waals surface area contributed by atoms with Gasteiger partial charge in [-0.3, -0.25) is 19.7 Å². The first-order valence-corrected chi connectivity index (χ1v) is 11.0. The number of thiazole rings is 1. The first-order valence-electron chi connectivity index (χ1n) is 9.76. The van der Waals surface area contributed by atoms with Crippen LogP contribution < -0.4 is 16.4 Å². The zero-order valence-corrected chi connectivity index (χ0v) is 19.1. The SMILES string of the molecule is Nc1nc(/C=N/OCC(=O)N[C@@H](Cc2ccccc2)C(=O)Nc2ccc([N+](=O)[O-])cc2Cl)cs1. The van der Waals surface area contributed by atoms with Crippen molar-refractivity contribution in [1.82, 2.24) is 10.3 Å². The minimum Gasteiger partial charge on any atom is -0.386 e. The maximum Gasteiger partial charge on any atom is 0.271 e. The first kappa shape index (κ1) is 24.6. The molecule has 1 heterocycles. The number of halogens is 1. The summed E-state index contributed by atoms with van der Waals surface area (Å²) in [6.07, 6.45) is 1.50. The second kappa shape index (κ2) is 11.7. The average molecular weight is 503 g/mol. The van der Waals surface area contributed by atoms with Gasteiger partial charge in [-0.25, -0.2) is 4.98 Å². The molecule has 1 atom stereocenters. The number of oxime groups is 1. The maximum atomic E-state index is 12.9. The minimum absolute atomic E-state index is 0.00677. The van der Waals surface area contributed by atoms with Gasteiger partial charge in [-0.05, 0) is 11.6 Å². The van der Waals surface area contributed by atoms with Gasteiger partial charge in [0.1, 0.15) is 6.04 Å². The maximum absolute atomic E-state index is 12.9. The zero-order chi connectivity index (χ0) is 24.5. The number of nitro groups is 1. The molecule has 3 aromatic rings. The number of nitrogens with two attached hydrogens (primary N) is 1. The predicted molar refractivity (Wildman–Crippen MR) is 129 cm³/mol. The molecule has 2 amide bonds. The van der Waals surface area contributed by atoms with Gasteiger partial charge in [0.2, 0.25) is 5.91 Å². The third-order valence-electron chi connectivity index (χ3n) is 4.35. The van der Waals surface area contributed by atoms with Crippen LogP contribution in [-0.4, -0.2) is 40.6 Å². The van der Waals surface area contributed by atoms with Crippen LogP contribution in [0.5, 0.6) is 0 Å². The molecule has 0 aliphatic heterocycles. The van der Waals surface area contributed by atoms with Crippen molar-refractivity contribution in [2.24, 2.45) is 5.16 Å². The molecule has 0 fully saturated rings. The number of benzene rings is 2. The number of carbonyl (C=O) groups excluding carboxylic acids is 2. The van der Waals surface area contributed by atoms with E-state index in [1.165, 1.54) is 29.7 Å². The Bertz CT molecular complexity index is 1200. The molecule has 34 heavy (non-hydrogen) atoms. The molecule has 11 nitrogen and oxygen atoms in total. The fraction of sp³-hybridized carbons (Fsp3) is 0.143. The van der Waals surface area contributed by atoms with Gasteiger partial charge in [-0.1, -0.05) is 47.1 Å². The highest BCUT2D eigenvalue weighted by molar-refractivity contribution is 7.13. The van der Waals surface area contributed by atoms with Crippen LogP contribution in [0.2, 0.25) is 5.02 Å². The molecule has 0 aliphatic carbocycles. The average Bonchev–Trinajstić information content (AvgIpc) is 3.23. The van der Waals surface area contributed by atoms with Gasteiger partial charge in [0, 0.05) is 23.9 Å². The fourth-order valence-electron chi connectivity index (χ4n) is 2.78. The standard InChI is InChI=1S/C21H19ClN6O5S/c22-16-9-15(28(31)32)6-7-17(16)27-20(30)18(8-13-4-2-1-3-5-13)26-19(29)11-33-24-10-14-12-34-21(23)25-14/h1-7,9-10,12,18H,8,11H2,(H2,23,25)(H,26,29)(H,27,30)/b24-10+/t18-/m0/s1. The molecule has 4 N–H and O–H groups in total. The lowest BCUT2D eigenvalue weighted by Crippen LogP contribution is -2.46. The van der Waals surface area contributed by atoms with E-state index in [0.717, 1.165) is 11.6 Å². The lowest BCUT2D eigenvalue weighted by Gasteiger charge is -2.19. The summed E-state index contributed by atoms with van der Waals surface area (Å²) >= 11 is 7.31. The van der Waals surface area contributed by atoms with E-state index in [1.54, 1.807) is 5.38 Å². The third kappa shape index (κ3) is 7.25. The van der Waals surface area contributed by atoms with E-state index in [4.69, 9.17) is 22.2 Å². The highest BCUT2D eigenvalue weighted by Crippen LogP contribution is 2.26. The molecule has 0 aliphatic rings. The summed E-state index contributed by atoms with van der Waals surface area (Å²) < 4.78 is 0. The number of hydrogen-bond donors (Lipinski definition) is 3. The molecular weight excluding hydrogens is 484 g/mol. The van der Waals surface area contributed by atoms with Crippen LogP contribution in [0.4, 0.5) is 16.5 Å². The highest BCUT2D eigenvalue weighted by atomic mass is 35.5. The van der Waals surface area contributed by atoms with Crippen LogP contribution >= 0.6 is 22.9 Å². The monoisotopic (exact) mass is 502 g/mol. The minimum atomic E-state index is -0.980. The van der Waals surface area contributed by atoms with Crippen molar-refractivity contribution < 1.29 is 19.3 Å². The van der Waals surface area contributed by atoms with E-state index in [0.29, 0.717) is 10.8 Å². The Hall–Kier alpha value is -4.03. The van der Waals surface area contributed by atoms with E-state index < -0.39 is 29.4 Å². The summed E-state index contributed by atoms with van der Waals surface area (Å²) in [5.74, 6) is -1.14. The zero-order valence-electron chi connectivity index (χ0n) is 17.5. The number of amides is 2. The normalized spacial score (nSPS) is 11.7. The van der Waals surface area contributed by atoms with Crippen LogP contribution in [-0.2, 0) is 20.8 Å². The Labute approximate surface area is 202 Å². The number of anilines is 2. The first-order chi connectivity index (χ1) is 16.3. The molecule has 0 spiro atoms. The summed E-state index contributed by atoms with van der Waals surface area (Å²) in [5, 5.41) is 21.8. The van der Waals surface area contributed by atoms with Crippen LogP contribution in [0.25, 0.3) is 0 Å². The summed E-state index contributed by atoms with van der Waals surface area (Å²) in [6.45, 7) is -0.438. The van der Waals surface area contributed by atoms with Crippen molar-refractivity contribution in [3.63, 3.8) is 0 Å². The number of carbonyl (C=O) groups is 2. The lowest BCUT2D eigenvalue weighted by molar-refractivity contribution is -0.384. The Morgan fingerprint density at radius 3 is 2.71 bits per heavy atom. The smallest absolute Gasteiger partial charge is 0.271 e. The van der Waals surface area contributed by atoms with Gasteiger partial charge in [-0.2, -0.15) is 0 Å². The van der Waals surface area contributed by atoms with Crippen LogP contribution in [0.1, 0.15) is 11.3 Å². The highest BCUT2D eigenvalue weighted by Gasteiger charge is 2.23.